The van der Waals surface area contributed by atoms with Gasteiger partial charge >= 0.3 is 6.09 Å². The zero-order chi connectivity index (χ0) is 26.0. The van der Waals surface area contributed by atoms with E-state index in [0.29, 0.717) is 13.0 Å². The fraction of sp³-hybridized carbons (Fsp3) is 0.920. The van der Waals surface area contributed by atoms with E-state index in [2.05, 4.69) is 11.1 Å². The van der Waals surface area contributed by atoms with Crippen molar-refractivity contribution in [2.75, 3.05) is 20.2 Å². The molecule has 0 aromatic carbocycles. The molecule has 0 bridgehead atoms. The molecule has 2 rings (SSSR count). The highest BCUT2D eigenvalue weighted by atomic mass is 16.6. The van der Waals surface area contributed by atoms with Gasteiger partial charge in [-0.3, -0.25) is 4.79 Å². The van der Waals surface area contributed by atoms with Crippen LogP contribution in [0.1, 0.15) is 108 Å². The van der Waals surface area contributed by atoms with Crippen LogP contribution in [-0.2, 0) is 9.53 Å². The molecule has 1 unspecified atom stereocenters. The lowest BCUT2D eigenvalue weighted by Gasteiger charge is -2.36. The largest absolute Gasteiger partial charge is 0.444 e. The third-order valence-electron chi connectivity index (χ3n) is 4.25. The Labute approximate surface area is 198 Å². The first-order valence-electron chi connectivity index (χ1n) is 12.4. The molecular weight excluding hydrogens is 406 g/mol. The molecule has 0 radical (unpaired) electrons. The quantitative estimate of drug-likeness (QED) is 0.540. The van der Waals surface area contributed by atoms with Gasteiger partial charge in [-0.25, -0.2) is 4.79 Å². The van der Waals surface area contributed by atoms with Gasteiger partial charge < -0.3 is 25.8 Å². The molecule has 1 aliphatic carbocycles. The average Bonchev–Trinajstić information content (AvgIpc) is 3.55. The Balaban J connectivity index is -0.000000800. The number of rotatable bonds is 4. The lowest BCUT2D eigenvalue weighted by atomic mass is 9.85. The summed E-state index contributed by atoms with van der Waals surface area (Å²) in [5.41, 5.74) is 3.46. The molecule has 0 aromatic rings. The van der Waals surface area contributed by atoms with Crippen molar-refractivity contribution in [2.24, 2.45) is 11.1 Å². The number of nitrogens with two attached hydrogens (primary N) is 1. The third kappa shape index (κ3) is 17.2. The molecule has 0 aromatic heterocycles. The van der Waals surface area contributed by atoms with Crippen LogP contribution < -0.4 is 11.1 Å². The Bertz CT molecular complexity index is 466. The summed E-state index contributed by atoms with van der Waals surface area (Å²) < 4.78 is 5.29. The summed E-state index contributed by atoms with van der Waals surface area (Å²) in [6.45, 7) is 19.9. The molecule has 7 nitrogen and oxygen atoms in total. The molecule has 2 aliphatic rings. The molecule has 194 valence electrons. The Kier molecular flexibility index (Phi) is 21.1. The van der Waals surface area contributed by atoms with E-state index in [4.69, 9.17) is 4.74 Å². The second-order valence-electron chi connectivity index (χ2n) is 9.35. The van der Waals surface area contributed by atoms with Crippen molar-refractivity contribution in [1.82, 2.24) is 10.2 Å². The van der Waals surface area contributed by atoms with E-state index in [1.165, 1.54) is 26.3 Å². The number of carbonyl (C=O) groups excluding carboxylic acids is 2. The molecule has 2 amide bonds. The topological polar surface area (TPSA) is 105 Å². The fourth-order valence-corrected chi connectivity index (χ4v) is 2.81. The number of aliphatic hydroxyl groups is 1. The Morgan fingerprint density at radius 2 is 1.47 bits per heavy atom. The van der Waals surface area contributed by atoms with Crippen molar-refractivity contribution in [2.45, 2.75) is 125 Å². The van der Waals surface area contributed by atoms with Gasteiger partial charge in [-0.1, -0.05) is 67.7 Å². The van der Waals surface area contributed by atoms with E-state index in [-0.39, 0.29) is 18.6 Å². The molecule has 2 fully saturated rings. The molecular formula is C25H55N3O4. The van der Waals surface area contributed by atoms with E-state index in [0.717, 1.165) is 12.8 Å². The second-order valence-corrected chi connectivity index (χ2v) is 9.35. The molecule has 1 aliphatic heterocycles. The van der Waals surface area contributed by atoms with E-state index in [1.54, 1.807) is 25.7 Å². The number of nitrogens with zero attached hydrogens (tertiary/aromatic N) is 1. The highest BCUT2D eigenvalue weighted by Crippen LogP contribution is 2.27. The van der Waals surface area contributed by atoms with E-state index in [1.807, 2.05) is 48.5 Å². The van der Waals surface area contributed by atoms with Crippen LogP contribution in [0.3, 0.4) is 0 Å². The summed E-state index contributed by atoms with van der Waals surface area (Å²) in [6.07, 6.45) is 6.33. The highest BCUT2D eigenvalue weighted by Gasteiger charge is 2.40. The second kappa shape index (κ2) is 19.2. The van der Waals surface area contributed by atoms with Crippen LogP contribution in [0.25, 0.3) is 0 Å². The first-order chi connectivity index (χ1) is 15.0. The van der Waals surface area contributed by atoms with Crippen molar-refractivity contribution >= 4 is 12.0 Å². The van der Waals surface area contributed by atoms with Crippen molar-refractivity contribution in [3.8, 4) is 0 Å². The van der Waals surface area contributed by atoms with E-state index >= 15 is 0 Å². The van der Waals surface area contributed by atoms with Crippen LogP contribution >= 0.6 is 0 Å². The number of aliphatic hydroxyl groups excluding tert-OH is 1. The number of likely N-dealkylation sites (tertiary alicyclic amines) is 1. The van der Waals surface area contributed by atoms with Gasteiger partial charge in [0.25, 0.3) is 0 Å². The summed E-state index contributed by atoms with van der Waals surface area (Å²) in [7, 11) is 1.50. The molecule has 32 heavy (non-hydrogen) atoms. The predicted octanol–water partition coefficient (Wildman–Crippen LogP) is 5.10. The smallest absolute Gasteiger partial charge is 0.408 e. The third-order valence-corrected chi connectivity index (χ3v) is 4.25. The van der Waals surface area contributed by atoms with Crippen molar-refractivity contribution < 1.29 is 19.4 Å². The minimum atomic E-state index is -0.656. The average molecular weight is 462 g/mol. The van der Waals surface area contributed by atoms with E-state index in [9.17, 15) is 14.7 Å². The number of nitrogens with one attached hydrogen (secondary N) is 1. The minimum absolute atomic E-state index is 0.0535. The minimum Gasteiger partial charge on any atom is -0.444 e. The van der Waals surface area contributed by atoms with Crippen LogP contribution in [0, 0.1) is 5.41 Å². The van der Waals surface area contributed by atoms with Gasteiger partial charge in [-0.15, -0.1) is 0 Å². The molecule has 1 saturated heterocycles. The molecule has 0 spiro atoms. The maximum absolute atomic E-state index is 13.0. The zero-order valence-corrected chi connectivity index (χ0v) is 23.0. The molecule has 4 N–H and O–H groups in total. The molecule has 1 heterocycles. The standard InChI is InChI=1S/C17H32N2O4.C3H6.2C2H6.CH5N/c1-16(2,3)13(18-15(22)23-17(4,5)6)14(21)19-10-7-8-12(19)9-11-20;1-2-3-1;3*1-2/h12-13,20H,7-11H2,1-6H3,(H,18,22);1-3H2;2*1-2H3;2H2,1H3/t12-,13?;;;;/m0..../s1. The first-order valence-corrected chi connectivity index (χ1v) is 12.4. The maximum atomic E-state index is 13.0. The number of hydrogen-bond donors (Lipinski definition) is 3. The van der Waals surface area contributed by atoms with Gasteiger partial charge in [0.15, 0.2) is 0 Å². The van der Waals surface area contributed by atoms with Gasteiger partial charge in [0, 0.05) is 19.2 Å². The Morgan fingerprint density at radius 1 is 1.00 bits per heavy atom. The van der Waals surface area contributed by atoms with Crippen LogP contribution in [0.15, 0.2) is 0 Å². The van der Waals surface area contributed by atoms with Crippen molar-refractivity contribution in [3.05, 3.63) is 0 Å². The first kappa shape index (κ1) is 35.3. The van der Waals surface area contributed by atoms with Gasteiger partial charge in [0.2, 0.25) is 5.91 Å². The summed E-state index contributed by atoms with van der Waals surface area (Å²) >= 11 is 0. The lowest BCUT2D eigenvalue weighted by molar-refractivity contribution is -0.137. The predicted molar refractivity (Wildman–Crippen MR) is 136 cm³/mol. The molecule has 1 saturated carbocycles. The summed E-state index contributed by atoms with van der Waals surface area (Å²) in [5, 5.41) is 11.9. The zero-order valence-electron chi connectivity index (χ0n) is 23.0. The summed E-state index contributed by atoms with van der Waals surface area (Å²) in [5.74, 6) is -0.0979. The van der Waals surface area contributed by atoms with Crippen molar-refractivity contribution in [3.63, 3.8) is 0 Å². The lowest BCUT2D eigenvalue weighted by Crippen LogP contribution is -2.56. The highest BCUT2D eigenvalue weighted by molar-refractivity contribution is 5.87. The number of ether oxygens (including phenoxy) is 1. The maximum Gasteiger partial charge on any atom is 0.408 e. The Hall–Kier alpha value is -1.34. The van der Waals surface area contributed by atoms with Crippen molar-refractivity contribution in [1.29, 1.82) is 0 Å². The van der Waals surface area contributed by atoms with Gasteiger partial charge in [-0.05, 0) is 52.5 Å². The SMILES string of the molecule is C1CC1.CC.CC.CC(C)(C)OC(=O)NC(C(=O)N1CCC[C@H]1CCO)C(C)(C)C.CN. The summed E-state index contributed by atoms with van der Waals surface area (Å²) in [4.78, 5) is 26.8. The number of amides is 2. The monoisotopic (exact) mass is 461 g/mol. The Morgan fingerprint density at radius 3 is 1.81 bits per heavy atom. The van der Waals surface area contributed by atoms with Gasteiger partial charge in [-0.2, -0.15) is 0 Å². The number of carbonyl (C=O) groups is 2. The van der Waals surface area contributed by atoms with Gasteiger partial charge in [0.05, 0.1) is 0 Å². The van der Waals surface area contributed by atoms with E-state index < -0.39 is 23.2 Å². The van der Waals surface area contributed by atoms with Crippen LogP contribution in [0.4, 0.5) is 4.79 Å². The van der Waals surface area contributed by atoms with Gasteiger partial charge in [0.1, 0.15) is 11.6 Å². The number of hydrogen-bond acceptors (Lipinski definition) is 5. The van der Waals surface area contributed by atoms with Crippen LogP contribution in [0.2, 0.25) is 0 Å². The summed E-state index contributed by atoms with van der Waals surface area (Å²) in [6, 6.07) is -0.602. The van der Waals surface area contributed by atoms with Crippen LogP contribution in [-0.4, -0.2) is 59.9 Å². The molecule has 2 atom stereocenters. The number of alkyl carbamates (subject to hydrolysis) is 1. The normalized spacial score (nSPS) is 17.4. The fourth-order valence-electron chi connectivity index (χ4n) is 2.81. The molecule has 7 heteroatoms. The van der Waals surface area contributed by atoms with Crippen LogP contribution in [0.5, 0.6) is 0 Å².